The molecular formula is C7H8N4. The molecule has 0 atom stereocenters. The number of pyridine rings is 1. The summed E-state index contributed by atoms with van der Waals surface area (Å²) in [5.74, 6) is 0. The van der Waals surface area contributed by atoms with Gasteiger partial charge in [0.2, 0.25) is 0 Å². The first-order valence-corrected chi connectivity index (χ1v) is 3.33. The van der Waals surface area contributed by atoms with Crippen molar-refractivity contribution in [2.45, 2.75) is 6.92 Å². The van der Waals surface area contributed by atoms with E-state index in [2.05, 4.69) is 10.2 Å². The minimum Gasteiger partial charge on any atom is -0.396 e. The number of nitrogens with zero attached hydrogens (tertiary/aromatic N) is 3. The molecule has 0 saturated heterocycles. The van der Waals surface area contributed by atoms with Crippen LogP contribution in [-0.4, -0.2) is 14.6 Å². The summed E-state index contributed by atoms with van der Waals surface area (Å²) in [6.07, 6.45) is 3.57. The van der Waals surface area contributed by atoms with Crippen LogP contribution in [-0.2, 0) is 0 Å². The number of aromatic nitrogens is 3. The van der Waals surface area contributed by atoms with Crippen molar-refractivity contribution in [3.8, 4) is 0 Å². The summed E-state index contributed by atoms with van der Waals surface area (Å²) in [5.41, 5.74) is 8.17. The molecule has 4 heteroatoms. The Hall–Kier alpha value is -1.58. The highest BCUT2D eigenvalue weighted by atomic mass is 15.2. The average molecular weight is 148 g/mol. The van der Waals surface area contributed by atoms with E-state index in [1.807, 2.05) is 23.6 Å². The molecule has 0 aliphatic heterocycles. The third kappa shape index (κ3) is 0.832. The molecule has 2 aromatic rings. The quantitative estimate of drug-likeness (QED) is 0.595. The summed E-state index contributed by atoms with van der Waals surface area (Å²) < 4.78 is 1.81. The van der Waals surface area contributed by atoms with Crippen LogP contribution in [0.3, 0.4) is 0 Å². The second-order valence-corrected chi connectivity index (χ2v) is 2.53. The summed E-state index contributed by atoms with van der Waals surface area (Å²) in [6, 6.07) is 1.88. The molecule has 0 saturated carbocycles. The third-order valence-electron chi connectivity index (χ3n) is 1.56. The van der Waals surface area contributed by atoms with E-state index in [1.165, 1.54) is 0 Å². The fourth-order valence-corrected chi connectivity index (χ4v) is 1.11. The molecule has 0 spiro atoms. The van der Waals surface area contributed by atoms with Crippen molar-refractivity contribution in [3.63, 3.8) is 0 Å². The summed E-state index contributed by atoms with van der Waals surface area (Å²) in [7, 11) is 0. The zero-order valence-corrected chi connectivity index (χ0v) is 6.15. The molecule has 0 aromatic carbocycles. The Morgan fingerprint density at radius 1 is 1.55 bits per heavy atom. The van der Waals surface area contributed by atoms with E-state index < -0.39 is 0 Å². The van der Waals surface area contributed by atoms with E-state index in [0.29, 0.717) is 5.69 Å². The Balaban J connectivity index is 2.91. The zero-order valence-electron chi connectivity index (χ0n) is 6.15. The lowest BCUT2D eigenvalue weighted by Crippen LogP contribution is -1.93. The molecule has 2 N–H and O–H groups in total. The molecular weight excluding hydrogens is 140 g/mol. The largest absolute Gasteiger partial charge is 0.396 e. The van der Waals surface area contributed by atoms with Gasteiger partial charge in [-0.3, -0.25) is 4.40 Å². The van der Waals surface area contributed by atoms with Gasteiger partial charge < -0.3 is 5.73 Å². The molecule has 56 valence electrons. The van der Waals surface area contributed by atoms with Gasteiger partial charge in [0.25, 0.3) is 0 Å². The van der Waals surface area contributed by atoms with Crippen molar-refractivity contribution in [2.24, 2.45) is 0 Å². The summed E-state index contributed by atoms with van der Waals surface area (Å²) >= 11 is 0. The first-order chi connectivity index (χ1) is 5.27. The van der Waals surface area contributed by atoms with Crippen molar-refractivity contribution in [1.82, 2.24) is 14.6 Å². The molecule has 2 rings (SSSR count). The number of hydrogen-bond acceptors (Lipinski definition) is 3. The molecule has 2 heterocycles. The minimum atomic E-state index is 0.669. The molecule has 0 radical (unpaired) electrons. The molecule has 0 aliphatic carbocycles. The predicted octanol–water partition coefficient (Wildman–Crippen LogP) is 0.620. The van der Waals surface area contributed by atoms with Gasteiger partial charge in [0.15, 0.2) is 5.65 Å². The van der Waals surface area contributed by atoms with Crippen LogP contribution in [0.25, 0.3) is 5.65 Å². The minimum absolute atomic E-state index is 0.669. The molecule has 2 aromatic heterocycles. The average Bonchev–Trinajstić information content (AvgIpc) is 2.34. The number of aryl methyl sites for hydroxylation is 1. The number of rotatable bonds is 0. The lowest BCUT2D eigenvalue weighted by molar-refractivity contribution is 1.10. The molecule has 0 unspecified atom stereocenters. The topological polar surface area (TPSA) is 56.2 Å². The van der Waals surface area contributed by atoms with Crippen LogP contribution < -0.4 is 5.73 Å². The first kappa shape index (κ1) is 6.15. The first-order valence-electron chi connectivity index (χ1n) is 3.33. The number of fused-ring (bicyclic) bond motifs is 1. The molecule has 0 aliphatic rings. The standard InChI is InChI=1S/C7H8N4/c1-5-2-6(8)7-10-9-4-11(7)3-5/h2-4H,8H2,1H3. The van der Waals surface area contributed by atoms with Crippen molar-refractivity contribution in [3.05, 3.63) is 24.2 Å². The maximum atomic E-state index is 5.68. The molecule has 0 bridgehead atoms. The summed E-state index contributed by atoms with van der Waals surface area (Å²) in [4.78, 5) is 0. The molecule has 0 amide bonds. The van der Waals surface area contributed by atoms with Crippen molar-refractivity contribution >= 4 is 11.3 Å². The monoisotopic (exact) mass is 148 g/mol. The Bertz CT molecular complexity index is 390. The Morgan fingerprint density at radius 2 is 2.36 bits per heavy atom. The Morgan fingerprint density at radius 3 is 3.18 bits per heavy atom. The smallest absolute Gasteiger partial charge is 0.183 e. The van der Waals surface area contributed by atoms with Gasteiger partial charge in [-0.05, 0) is 18.6 Å². The van der Waals surface area contributed by atoms with Crippen LogP contribution in [0.4, 0.5) is 5.69 Å². The summed E-state index contributed by atoms with van der Waals surface area (Å²) in [5, 5.41) is 7.58. The van der Waals surface area contributed by atoms with Crippen LogP contribution >= 0.6 is 0 Å². The van der Waals surface area contributed by atoms with Crippen LogP contribution in [0.1, 0.15) is 5.56 Å². The van der Waals surface area contributed by atoms with Gasteiger partial charge in [0, 0.05) is 6.20 Å². The van der Waals surface area contributed by atoms with Gasteiger partial charge in [-0.2, -0.15) is 0 Å². The van der Waals surface area contributed by atoms with Gasteiger partial charge in [0.1, 0.15) is 6.33 Å². The van der Waals surface area contributed by atoms with Crippen LogP contribution in [0.5, 0.6) is 0 Å². The number of hydrogen-bond donors (Lipinski definition) is 1. The lowest BCUT2D eigenvalue weighted by atomic mass is 10.3. The summed E-state index contributed by atoms with van der Waals surface area (Å²) in [6.45, 7) is 1.98. The van der Waals surface area contributed by atoms with Gasteiger partial charge >= 0.3 is 0 Å². The molecule has 4 nitrogen and oxygen atoms in total. The number of anilines is 1. The van der Waals surface area contributed by atoms with Crippen LogP contribution in [0, 0.1) is 6.92 Å². The zero-order chi connectivity index (χ0) is 7.84. The van der Waals surface area contributed by atoms with Crippen molar-refractivity contribution in [1.29, 1.82) is 0 Å². The van der Waals surface area contributed by atoms with Crippen molar-refractivity contribution < 1.29 is 0 Å². The molecule has 11 heavy (non-hydrogen) atoms. The predicted molar refractivity (Wildman–Crippen MR) is 42.1 cm³/mol. The maximum Gasteiger partial charge on any atom is 0.183 e. The fraction of sp³-hybridized carbons (Fsp3) is 0.143. The van der Waals surface area contributed by atoms with Crippen molar-refractivity contribution in [2.75, 3.05) is 5.73 Å². The molecule has 0 fully saturated rings. The lowest BCUT2D eigenvalue weighted by Gasteiger charge is -1.97. The highest BCUT2D eigenvalue weighted by Gasteiger charge is 1.99. The third-order valence-corrected chi connectivity index (χ3v) is 1.56. The van der Waals surface area contributed by atoms with Crippen LogP contribution in [0.15, 0.2) is 18.6 Å². The van der Waals surface area contributed by atoms with E-state index in [4.69, 9.17) is 5.73 Å². The van der Waals surface area contributed by atoms with Crippen LogP contribution in [0.2, 0.25) is 0 Å². The van der Waals surface area contributed by atoms with Gasteiger partial charge in [0.05, 0.1) is 5.69 Å². The van der Waals surface area contributed by atoms with Gasteiger partial charge in [-0.15, -0.1) is 10.2 Å². The van der Waals surface area contributed by atoms with Gasteiger partial charge in [-0.25, -0.2) is 0 Å². The van der Waals surface area contributed by atoms with E-state index >= 15 is 0 Å². The highest BCUT2D eigenvalue weighted by molar-refractivity contribution is 5.64. The Kier molecular flexibility index (Phi) is 1.09. The fourth-order valence-electron chi connectivity index (χ4n) is 1.11. The number of nitrogens with two attached hydrogens (primary N) is 1. The van der Waals surface area contributed by atoms with E-state index in [1.54, 1.807) is 6.33 Å². The SMILES string of the molecule is Cc1cc(N)c2nncn2c1. The maximum absolute atomic E-state index is 5.68. The number of nitrogen functional groups attached to an aromatic ring is 1. The second kappa shape index (κ2) is 1.95. The van der Waals surface area contributed by atoms with E-state index in [0.717, 1.165) is 11.2 Å². The van der Waals surface area contributed by atoms with Gasteiger partial charge in [-0.1, -0.05) is 0 Å². The Labute approximate surface area is 63.7 Å². The van der Waals surface area contributed by atoms with E-state index in [9.17, 15) is 0 Å². The normalized spacial score (nSPS) is 10.6. The highest BCUT2D eigenvalue weighted by Crippen LogP contribution is 2.11. The second-order valence-electron chi connectivity index (χ2n) is 2.53. The van der Waals surface area contributed by atoms with E-state index in [-0.39, 0.29) is 0 Å².